The Bertz CT molecular complexity index is 1700. The Morgan fingerprint density at radius 1 is 0.857 bits per heavy atom. The van der Waals surface area contributed by atoms with E-state index in [1.54, 1.807) is 30.3 Å². The molecule has 5 nitrogen and oxygen atoms in total. The highest BCUT2D eigenvalue weighted by Gasteiger charge is 2.39. The van der Waals surface area contributed by atoms with Crippen molar-refractivity contribution in [3.8, 4) is 11.1 Å². The van der Waals surface area contributed by atoms with Gasteiger partial charge in [0.2, 0.25) is 15.9 Å². The average molecular weight is 491 g/mol. The minimum Gasteiger partial charge on any atom is -0.439 e. The SMILES string of the molecule is O=S(=O)(c1ccc2ccccc2c1)N1CCC[C@H]1c1nc2cc(-c3ccc(F)c(F)c3)ccc2o1. The van der Waals surface area contributed by atoms with E-state index in [0.717, 1.165) is 22.9 Å². The van der Waals surface area contributed by atoms with Gasteiger partial charge in [0.1, 0.15) is 11.6 Å². The predicted molar refractivity (Wildman–Crippen MR) is 129 cm³/mol. The number of nitrogens with zero attached hydrogens (tertiary/aromatic N) is 2. The molecule has 1 atom stereocenters. The van der Waals surface area contributed by atoms with Crippen molar-refractivity contribution in [2.45, 2.75) is 23.8 Å². The molecule has 0 saturated carbocycles. The van der Waals surface area contributed by atoms with Gasteiger partial charge in [0.15, 0.2) is 17.2 Å². The van der Waals surface area contributed by atoms with E-state index in [2.05, 4.69) is 4.98 Å². The van der Waals surface area contributed by atoms with Gasteiger partial charge in [-0.25, -0.2) is 22.2 Å². The van der Waals surface area contributed by atoms with Crippen LogP contribution in [0.15, 0.2) is 88.2 Å². The van der Waals surface area contributed by atoms with Crippen molar-refractivity contribution in [1.82, 2.24) is 9.29 Å². The summed E-state index contributed by atoms with van der Waals surface area (Å²) in [6, 6.07) is 21.1. The lowest BCUT2D eigenvalue weighted by molar-refractivity contribution is 0.337. The number of sulfonamides is 1. The number of aromatic nitrogens is 1. The molecule has 0 N–H and O–H groups in total. The minimum atomic E-state index is -3.77. The molecule has 1 fully saturated rings. The van der Waals surface area contributed by atoms with Crippen molar-refractivity contribution in [1.29, 1.82) is 0 Å². The van der Waals surface area contributed by atoms with Gasteiger partial charge in [-0.3, -0.25) is 0 Å². The molecule has 35 heavy (non-hydrogen) atoms. The minimum absolute atomic E-state index is 0.236. The lowest BCUT2D eigenvalue weighted by atomic mass is 10.1. The third kappa shape index (κ3) is 3.79. The van der Waals surface area contributed by atoms with Crippen molar-refractivity contribution in [2.24, 2.45) is 0 Å². The van der Waals surface area contributed by atoms with E-state index < -0.39 is 27.7 Å². The number of oxazole rings is 1. The van der Waals surface area contributed by atoms with E-state index in [0.29, 0.717) is 47.5 Å². The number of hydrogen-bond donors (Lipinski definition) is 0. The van der Waals surface area contributed by atoms with Crippen molar-refractivity contribution in [3.05, 3.63) is 96.4 Å². The van der Waals surface area contributed by atoms with Crippen molar-refractivity contribution in [3.63, 3.8) is 0 Å². The van der Waals surface area contributed by atoms with E-state index in [1.807, 2.05) is 30.3 Å². The Labute approximate surface area is 200 Å². The van der Waals surface area contributed by atoms with Gasteiger partial charge in [-0.05, 0) is 71.1 Å². The second-order valence-corrected chi connectivity index (χ2v) is 10.5. The smallest absolute Gasteiger partial charge is 0.243 e. The van der Waals surface area contributed by atoms with Crippen LogP contribution in [0.4, 0.5) is 8.78 Å². The topological polar surface area (TPSA) is 63.4 Å². The molecule has 1 saturated heterocycles. The zero-order valence-electron chi connectivity index (χ0n) is 18.5. The normalized spacial score (nSPS) is 16.9. The van der Waals surface area contributed by atoms with E-state index in [4.69, 9.17) is 4.42 Å². The maximum absolute atomic E-state index is 13.7. The standard InChI is InChI=1S/C27H20F2N2O3S/c28-22-11-8-19(15-23(22)29)20-9-12-26-24(16-20)30-27(34-26)25-6-3-13-31(25)35(32,33)21-10-7-17-4-1-2-5-18(17)14-21/h1-2,4-5,7-12,14-16,25H,3,6,13H2/t25-/m0/s1. The number of rotatable bonds is 4. The highest BCUT2D eigenvalue weighted by atomic mass is 32.2. The summed E-state index contributed by atoms with van der Waals surface area (Å²) in [4.78, 5) is 4.82. The Morgan fingerprint density at radius 2 is 1.63 bits per heavy atom. The van der Waals surface area contributed by atoms with Crippen LogP contribution in [0.3, 0.4) is 0 Å². The van der Waals surface area contributed by atoms with Crippen LogP contribution < -0.4 is 0 Å². The predicted octanol–water partition coefficient (Wildman–Crippen LogP) is 6.45. The van der Waals surface area contributed by atoms with E-state index >= 15 is 0 Å². The molecular weight excluding hydrogens is 470 g/mol. The van der Waals surface area contributed by atoms with Crippen LogP contribution in [-0.2, 0) is 10.0 Å². The first-order chi connectivity index (χ1) is 16.9. The fraction of sp³-hybridized carbons (Fsp3) is 0.148. The second kappa shape index (κ2) is 8.25. The summed E-state index contributed by atoms with van der Waals surface area (Å²) < 4.78 is 61.6. The summed E-state index contributed by atoms with van der Waals surface area (Å²) in [5.74, 6) is -1.51. The largest absolute Gasteiger partial charge is 0.439 e. The zero-order valence-corrected chi connectivity index (χ0v) is 19.3. The molecule has 4 aromatic carbocycles. The van der Waals surface area contributed by atoms with Gasteiger partial charge < -0.3 is 4.42 Å². The molecule has 0 spiro atoms. The molecule has 1 aliphatic rings. The molecule has 176 valence electrons. The van der Waals surface area contributed by atoms with Gasteiger partial charge in [-0.1, -0.05) is 42.5 Å². The van der Waals surface area contributed by atoms with Crippen LogP contribution in [0, 0.1) is 11.6 Å². The third-order valence-electron chi connectivity index (χ3n) is 6.47. The van der Waals surface area contributed by atoms with E-state index in [9.17, 15) is 17.2 Å². The first-order valence-corrected chi connectivity index (χ1v) is 12.7. The Morgan fingerprint density at radius 3 is 2.46 bits per heavy atom. The maximum atomic E-state index is 13.7. The molecule has 8 heteroatoms. The zero-order chi connectivity index (χ0) is 24.2. The Balaban J connectivity index is 1.35. The fourth-order valence-electron chi connectivity index (χ4n) is 4.68. The average Bonchev–Trinajstić information content (AvgIpc) is 3.52. The molecule has 1 aromatic heterocycles. The molecule has 2 heterocycles. The molecule has 6 rings (SSSR count). The van der Waals surface area contributed by atoms with E-state index in [-0.39, 0.29) is 4.90 Å². The summed E-state index contributed by atoms with van der Waals surface area (Å²) in [7, 11) is -3.77. The van der Waals surface area contributed by atoms with Gasteiger partial charge in [-0.15, -0.1) is 0 Å². The van der Waals surface area contributed by atoms with Gasteiger partial charge in [0.25, 0.3) is 0 Å². The van der Waals surface area contributed by atoms with Crippen LogP contribution >= 0.6 is 0 Å². The van der Waals surface area contributed by atoms with Gasteiger partial charge in [0, 0.05) is 6.54 Å². The van der Waals surface area contributed by atoms with E-state index in [1.165, 1.54) is 10.4 Å². The summed E-state index contributed by atoms with van der Waals surface area (Å²) in [5, 5.41) is 1.83. The van der Waals surface area contributed by atoms with Crippen LogP contribution in [-0.4, -0.2) is 24.3 Å². The van der Waals surface area contributed by atoms with Crippen LogP contribution in [0.25, 0.3) is 33.0 Å². The molecule has 5 aromatic rings. The van der Waals surface area contributed by atoms with Crippen LogP contribution in [0.2, 0.25) is 0 Å². The summed E-state index contributed by atoms with van der Waals surface area (Å²) in [5.41, 5.74) is 2.19. The first-order valence-electron chi connectivity index (χ1n) is 11.3. The lowest BCUT2D eigenvalue weighted by Crippen LogP contribution is -2.30. The van der Waals surface area contributed by atoms with Crippen molar-refractivity contribution >= 4 is 31.9 Å². The highest BCUT2D eigenvalue weighted by Crippen LogP contribution is 2.38. The number of halogens is 2. The molecular formula is C27H20F2N2O3S. The van der Waals surface area contributed by atoms with Crippen LogP contribution in [0.5, 0.6) is 0 Å². The first kappa shape index (κ1) is 21.9. The summed E-state index contributed by atoms with van der Waals surface area (Å²) in [6.07, 6.45) is 1.28. The molecule has 0 aliphatic carbocycles. The lowest BCUT2D eigenvalue weighted by Gasteiger charge is -2.22. The summed E-state index contributed by atoms with van der Waals surface area (Å²) in [6.45, 7) is 0.374. The van der Waals surface area contributed by atoms with Gasteiger partial charge in [0.05, 0.1) is 4.90 Å². The quantitative estimate of drug-likeness (QED) is 0.290. The number of hydrogen-bond acceptors (Lipinski definition) is 4. The summed E-state index contributed by atoms with van der Waals surface area (Å²) >= 11 is 0. The molecule has 0 bridgehead atoms. The molecule has 0 unspecified atom stereocenters. The molecule has 0 radical (unpaired) electrons. The Kier molecular flexibility index (Phi) is 5.16. The monoisotopic (exact) mass is 490 g/mol. The van der Waals surface area contributed by atoms with Crippen LogP contribution in [0.1, 0.15) is 24.8 Å². The number of fused-ring (bicyclic) bond motifs is 2. The second-order valence-electron chi connectivity index (χ2n) is 8.65. The molecule has 0 amide bonds. The van der Waals surface area contributed by atoms with Crippen molar-refractivity contribution < 1.29 is 21.6 Å². The highest BCUT2D eigenvalue weighted by molar-refractivity contribution is 7.89. The Hall–Kier alpha value is -3.62. The van der Waals surface area contributed by atoms with Crippen molar-refractivity contribution in [2.75, 3.05) is 6.54 Å². The molecule has 1 aliphatic heterocycles. The number of benzene rings is 4. The third-order valence-corrected chi connectivity index (χ3v) is 8.38. The maximum Gasteiger partial charge on any atom is 0.243 e. The van der Waals surface area contributed by atoms with Gasteiger partial charge >= 0.3 is 0 Å². The fourth-order valence-corrected chi connectivity index (χ4v) is 6.37. The van der Waals surface area contributed by atoms with Gasteiger partial charge in [-0.2, -0.15) is 4.31 Å².